The number of imide groups is 1. The first-order valence-corrected chi connectivity index (χ1v) is 11.7. The number of pyridine rings is 1. The largest absolute Gasteiger partial charge is 0.369 e. The lowest BCUT2D eigenvalue weighted by molar-refractivity contribution is -0.114. The summed E-state index contributed by atoms with van der Waals surface area (Å²) in [5.74, 6) is -0.811. The molecule has 0 radical (unpaired) electrons. The summed E-state index contributed by atoms with van der Waals surface area (Å²) in [5, 5.41) is 5.66. The lowest BCUT2D eigenvalue weighted by Gasteiger charge is -2.34. The third kappa shape index (κ3) is 5.15. The van der Waals surface area contributed by atoms with E-state index < -0.39 is 5.91 Å². The number of hydrogen-bond acceptors (Lipinski definition) is 6. The summed E-state index contributed by atoms with van der Waals surface area (Å²) in [6.45, 7) is 4.13. The molecular weight excluding hydrogens is 438 g/mol. The van der Waals surface area contributed by atoms with Crippen LogP contribution >= 0.6 is 0 Å². The molecule has 0 bridgehead atoms. The summed E-state index contributed by atoms with van der Waals surface area (Å²) in [6.07, 6.45) is 7.22. The van der Waals surface area contributed by atoms with Crippen LogP contribution in [0.1, 0.15) is 27.2 Å². The lowest BCUT2D eigenvalue weighted by atomic mass is 9.93. The van der Waals surface area contributed by atoms with E-state index in [1.54, 1.807) is 18.5 Å². The highest BCUT2D eigenvalue weighted by atomic mass is 16.2. The number of nitrogens with zero attached hydrogens (tertiary/aromatic N) is 3. The first kappa shape index (κ1) is 22.6. The molecule has 3 heterocycles. The second-order valence-electron chi connectivity index (χ2n) is 8.72. The van der Waals surface area contributed by atoms with Gasteiger partial charge >= 0.3 is 0 Å². The Balaban J connectivity index is 1.36. The van der Waals surface area contributed by atoms with E-state index in [9.17, 15) is 9.59 Å². The van der Waals surface area contributed by atoms with Crippen molar-refractivity contribution < 1.29 is 9.59 Å². The monoisotopic (exact) mass is 465 g/mol. The maximum absolute atomic E-state index is 12.7. The van der Waals surface area contributed by atoms with Crippen molar-refractivity contribution in [3.63, 3.8) is 0 Å². The van der Waals surface area contributed by atoms with E-state index in [0.717, 1.165) is 43.1 Å². The van der Waals surface area contributed by atoms with Gasteiger partial charge in [-0.2, -0.15) is 0 Å². The van der Waals surface area contributed by atoms with E-state index in [2.05, 4.69) is 44.6 Å². The maximum atomic E-state index is 12.7. The van der Waals surface area contributed by atoms with E-state index in [1.165, 1.54) is 5.69 Å². The number of hydrogen-bond donors (Lipinski definition) is 2. The Hall–Kier alpha value is -4.23. The first-order chi connectivity index (χ1) is 17.1. The van der Waals surface area contributed by atoms with Crippen LogP contribution in [0.3, 0.4) is 0 Å². The van der Waals surface area contributed by atoms with Crippen molar-refractivity contribution >= 4 is 40.9 Å². The van der Waals surface area contributed by atoms with Crippen molar-refractivity contribution in [2.75, 3.05) is 43.4 Å². The molecule has 0 atom stereocenters. The Labute approximate surface area is 204 Å². The van der Waals surface area contributed by atoms with Gasteiger partial charge in [-0.3, -0.25) is 19.9 Å². The Morgan fingerprint density at radius 1 is 0.886 bits per heavy atom. The van der Waals surface area contributed by atoms with Crippen molar-refractivity contribution in [2.45, 2.75) is 0 Å². The van der Waals surface area contributed by atoms with Crippen molar-refractivity contribution in [3.8, 4) is 0 Å². The third-order valence-electron chi connectivity index (χ3n) is 6.30. The molecule has 2 aliphatic heterocycles. The zero-order chi connectivity index (χ0) is 24.2. The molecule has 2 aliphatic rings. The Morgan fingerprint density at radius 3 is 2.43 bits per heavy atom. The average molecular weight is 466 g/mol. The van der Waals surface area contributed by atoms with Gasteiger partial charge in [0.05, 0.1) is 11.3 Å². The first-order valence-electron chi connectivity index (χ1n) is 11.7. The van der Waals surface area contributed by atoms with E-state index in [4.69, 9.17) is 0 Å². The fraction of sp³-hybridized carbons (Fsp3) is 0.179. The number of piperazine rings is 1. The highest BCUT2D eigenvalue weighted by Crippen LogP contribution is 2.27. The number of aromatic nitrogens is 1. The summed E-state index contributed by atoms with van der Waals surface area (Å²) in [4.78, 5) is 34.1. The van der Waals surface area contributed by atoms with Crippen molar-refractivity contribution in [2.24, 2.45) is 0 Å². The lowest BCUT2D eigenvalue weighted by Crippen LogP contribution is -2.44. The van der Waals surface area contributed by atoms with Gasteiger partial charge < -0.3 is 15.1 Å². The maximum Gasteiger partial charge on any atom is 0.260 e. The molecule has 2 N–H and O–H groups in total. The van der Waals surface area contributed by atoms with Crippen LogP contribution in [0, 0.1) is 0 Å². The molecule has 1 aromatic heterocycles. The van der Waals surface area contributed by atoms with Crippen LogP contribution in [0.25, 0.3) is 17.7 Å². The second kappa shape index (κ2) is 9.95. The van der Waals surface area contributed by atoms with Gasteiger partial charge in [-0.25, -0.2) is 0 Å². The quantitative estimate of drug-likeness (QED) is 0.442. The SMILES string of the molecule is CN1CCN(c2ccc(NC=C3C(=O)NC(=O)c4ccc(C=Cc5ccccn5)cc43)cc2)CC1. The molecule has 1 saturated heterocycles. The summed E-state index contributed by atoms with van der Waals surface area (Å²) in [5.41, 5.74) is 5.24. The molecule has 0 spiro atoms. The molecule has 0 unspecified atom stereocenters. The predicted octanol–water partition coefficient (Wildman–Crippen LogP) is 3.73. The summed E-state index contributed by atoms with van der Waals surface area (Å²) >= 11 is 0. The van der Waals surface area contributed by atoms with Crippen LogP contribution in [0.5, 0.6) is 0 Å². The molecule has 176 valence electrons. The van der Waals surface area contributed by atoms with Crippen molar-refractivity contribution in [1.29, 1.82) is 0 Å². The van der Waals surface area contributed by atoms with Crippen LogP contribution in [-0.4, -0.2) is 54.9 Å². The van der Waals surface area contributed by atoms with Crippen LogP contribution in [0.15, 0.2) is 73.1 Å². The Morgan fingerprint density at radius 2 is 1.69 bits per heavy atom. The topological polar surface area (TPSA) is 77.6 Å². The standard InChI is InChI=1S/C28H27N5O2/c1-32-14-16-33(17-15-32)23-10-8-22(9-11-23)30-19-26-25-18-20(5-7-21-4-2-3-13-29-21)6-12-24(25)27(34)31-28(26)35/h2-13,18-19,30H,14-17H2,1H3,(H,31,34,35). The van der Waals surface area contributed by atoms with E-state index in [-0.39, 0.29) is 5.91 Å². The molecule has 7 heteroatoms. The Bertz CT molecular complexity index is 1290. The van der Waals surface area contributed by atoms with E-state index in [0.29, 0.717) is 16.7 Å². The fourth-order valence-corrected chi connectivity index (χ4v) is 4.23. The van der Waals surface area contributed by atoms with Crippen LogP contribution < -0.4 is 15.5 Å². The molecule has 2 amide bonds. The van der Waals surface area contributed by atoms with Crippen molar-refractivity contribution in [1.82, 2.24) is 15.2 Å². The number of benzene rings is 2. The molecule has 35 heavy (non-hydrogen) atoms. The molecule has 0 aliphatic carbocycles. The minimum atomic E-state index is -0.421. The number of rotatable bonds is 5. The predicted molar refractivity (Wildman–Crippen MR) is 140 cm³/mol. The molecule has 0 saturated carbocycles. The van der Waals surface area contributed by atoms with Gasteiger partial charge in [-0.05, 0) is 67.2 Å². The van der Waals surface area contributed by atoms with Gasteiger partial charge in [0.25, 0.3) is 11.8 Å². The number of carbonyl (C=O) groups excluding carboxylic acids is 2. The highest BCUT2D eigenvalue weighted by Gasteiger charge is 2.27. The molecule has 2 aromatic carbocycles. The number of anilines is 2. The van der Waals surface area contributed by atoms with Gasteiger partial charge in [-0.15, -0.1) is 0 Å². The van der Waals surface area contributed by atoms with Crippen LogP contribution in [0.4, 0.5) is 11.4 Å². The van der Waals surface area contributed by atoms with Gasteiger partial charge in [0, 0.05) is 61.1 Å². The molecule has 5 rings (SSSR count). The molecular formula is C28H27N5O2. The fourth-order valence-electron chi connectivity index (χ4n) is 4.23. The summed E-state index contributed by atoms with van der Waals surface area (Å²) < 4.78 is 0. The van der Waals surface area contributed by atoms with Gasteiger partial charge in [0.15, 0.2) is 0 Å². The second-order valence-corrected chi connectivity index (χ2v) is 8.72. The minimum absolute atomic E-state index is 0.390. The number of carbonyl (C=O) groups is 2. The van der Waals surface area contributed by atoms with Crippen LogP contribution in [-0.2, 0) is 4.79 Å². The van der Waals surface area contributed by atoms with Crippen molar-refractivity contribution in [3.05, 3.63) is 95.4 Å². The normalized spacial score (nSPS) is 17.5. The van der Waals surface area contributed by atoms with Gasteiger partial charge in [0.1, 0.15) is 0 Å². The highest BCUT2D eigenvalue weighted by molar-refractivity contribution is 6.31. The molecule has 1 fully saturated rings. The van der Waals surface area contributed by atoms with E-state index in [1.807, 2.05) is 54.6 Å². The molecule has 7 nitrogen and oxygen atoms in total. The average Bonchev–Trinajstić information content (AvgIpc) is 2.89. The van der Waals surface area contributed by atoms with Crippen LogP contribution in [0.2, 0.25) is 0 Å². The van der Waals surface area contributed by atoms with E-state index >= 15 is 0 Å². The summed E-state index contributed by atoms with van der Waals surface area (Å²) in [7, 11) is 2.14. The van der Waals surface area contributed by atoms with Gasteiger partial charge in [0.2, 0.25) is 0 Å². The number of amides is 2. The third-order valence-corrected chi connectivity index (χ3v) is 6.30. The smallest absolute Gasteiger partial charge is 0.260 e. The summed E-state index contributed by atoms with van der Waals surface area (Å²) in [6, 6.07) is 19.3. The zero-order valence-electron chi connectivity index (χ0n) is 19.6. The number of fused-ring (bicyclic) bond motifs is 1. The number of likely N-dealkylation sites (N-methyl/N-ethyl adjacent to an activating group) is 1. The minimum Gasteiger partial charge on any atom is -0.369 e. The molecule has 3 aromatic rings. The number of nitrogens with one attached hydrogen (secondary N) is 2. The zero-order valence-corrected chi connectivity index (χ0v) is 19.6. The Kier molecular flexibility index (Phi) is 6.41. The van der Waals surface area contributed by atoms with Gasteiger partial charge in [-0.1, -0.05) is 18.2 Å².